The first-order valence-corrected chi connectivity index (χ1v) is 9.43. The molecular weight excluding hydrogens is 298 g/mol. The minimum absolute atomic E-state index is 0.0351. The van der Waals surface area contributed by atoms with Gasteiger partial charge < -0.3 is 10.2 Å². The fraction of sp³-hybridized carbons (Fsp3) is 0.562. The highest BCUT2D eigenvalue weighted by Gasteiger charge is 2.31. The van der Waals surface area contributed by atoms with E-state index in [0.29, 0.717) is 6.04 Å². The third-order valence-corrected chi connectivity index (χ3v) is 5.48. The predicted molar refractivity (Wildman–Crippen MR) is 88.6 cm³/mol. The van der Waals surface area contributed by atoms with E-state index in [1.807, 2.05) is 17.0 Å². The van der Waals surface area contributed by atoms with Crippen molar-refractivity contribution >= 4 is 22.5 Å². The molecule has 3 rings (SSSR count). The van der Waals surface area contributed by atoms with Gasteiger partial charge in [0.1, 0.15) is 0 Å². The minimum Gasteiger partial charge on any atom is -0.323 e. The Kier molecular flexibility index (Phi) is 4.78. The number of benzene rings is 1. The Bertz CT molecular complexity index is 555. The van der Waals surface area contributed by atoms with E-state index in [2.05, 4.69) is 10.2 Å². The molecule has 6 heteroatoms. The monoisotopic (exact) mass is 321 g/mol. The smallest absolute Gasteiger partial charge is 0.321 e. The summed E-state index contributed by atoms with van der Waals surface area (Å²) < 4.78 is 11.4. The third-order valence-electron chi connectivity index (χ3n) is 4.55. The van der Waals surface area contributed by atoms with Gasteiger partial charge in [0.05, 0.1) is 0 Å². The Morgan fingerprint density at radius 2 is 1.86 bits per heavy atom. The van der Waals surface area contributed by atoms with Gasteiger partial charge in [-0.3, -0.25) is 9.11 Å². The van der Waals surface area contributed by atoms with Crippen molar-refractivity contribution in [2.24, 2.45) is 0 Å². The summed E-state index contributed by atoms with van der Waals surface area (Å²) in [5.74, 6) is 0. The average molecular weight is 321 g/mol. The molecule has 2 heterocycles. The number of amides is 2. The SMILES string of the molecule is C[S@](=O)c1ccc(NC(=O)N2CC[C@@H](N3CCCC3)C2)cc1. The van der Waals surface area contributed by atoms with E-state index in [-0.39, 0.29) is 6.03 Å². The summed E-state index contributed by atoms with van der Waals surface area (Å²) in [4.78, 5) is 17.5. The average Bonchev–Trinajstić information content (AvgIpc) is 3.19. The lowest BCUT2D eigenvalue weighted by atomic mass is 10.2. The first-order valence-electron chi connectivity index (χ1n) is 7.87. The molecule has 0 aliphatic carbocycles. The van der Waals surface area contributed by atoms with Crippen molar-refractivity contribution in [3.63, 3.8) is 0 Å². The predicted octanol–water partition coefficient (Wildman–Crippen LogP) is 2.13. The van der Waals surface area contributed by atoms with Crippen LogP contribution in [-0.2, 0) is 10.8 Å². The standard InChI is InChI=1S/C16H23N3O2S/c1-22(21)15-6-4-13(5-7-15)17-16(20)19-11-8-14(12-19)18-9-2-3-10-18/h4-7,14H,2-3,8-12H2,1H3,(H,17,20)/t14-,22+/m1/s1. The molecule has 22 heavy (non-hydrogen) atoms. The third kappa shape index (κ3) is 3.50. The van der Waals surface area contributed by atoms with Gasteiger partial charge in [0.25, 0.3) is 0 Å². The topological polar surface area (TPSA) is 52.7 Å². The fourth-order valence-electron chi connectivity index (χ4n) is 3.26. The lowest BCUT2D eigenvalue weighted by molar-refractivity contribution is 0.210. The second kappa shape index (κ2) is 6.79. The van der Waals surface area contributed by atoms with E-state index >= 15 is 0 Å². The highest BCUT2D eigenvalue weighted by Crippen LogP contribution is 2.21. The number of urea groups is 1. The van der Waals surface area contributed by atoms with Gasteiger partial charge in [0.15, 0.2) is 0 Å². The van der Waals surface area contributed by atoms with E-state index in [0.717, 1.165) is 30.1 Å². The molecule has 0 aromatic heterocycles. The van der Waals surface area contributed by atoms with Gasteiger partial charge in [-0.25, -0.2) is 4.79 Å². The summed E-state index contributed by atoms with van der Waals surface area (Å²) >= 11 is 0. The van der Waals surface area contributed by atoms with E-state index in [9.17, 15) is 9.00 Å². The summed E-state index contributed by atoms with van der Waals surface area (Å²) in [7, 11) is -0.987. The van der Waals surface area contributed by atoms with Crippen LogP contribution in [0.1, 0.15) is 19.3 Å². The first kappa shape index (κ1) is 15.5. The summed E-state index contributed by atoms with van der Waals surface area (Å²) in [6, 6.07) is 7.70. The lowest BCUT2D eigenvalue weighted by Crippen LogP contribution is -2.38. The molecule has 120 valence electrons. The van der Waals surface area contributed by atoms with Crippen LogP contribution >= 0.6 is 0 Å². The molecule has 0 spiro atoms. The van der Waals surface area contributed by atoms with E-state index in [1.54, 1.807) is 18.4 Å². The number of likely N-dealkylation sites (tertiary alicyclic amines) is 2. The quantitative estimate of drug-likeness (QED) is 0.928. The molecule has 1 aromatic rings. The molecule has 0 radical (unpaired) electrons. The molecule has 1 aromatic carbocycles. The molecule has 2 saturated heterocycles. The van der Waals surface area contributed by atoms with Gasteiger partial charge in [0, 0.05) is 46.8 Å². The number of hydrogen-bond donors (Lipinski definition) is 1. The molecule has 2 aliphatic heterocycles. The van der Waals surface area contributed by atoms with Crippen LogP contribution in [0, 0.1) is 0 Å². The van der Waals surface area contributed by atoms with Gasteiger partial charge in [0.2, 0.25) is 0 Å². The molecule has 2 fully saturated rings. The van der Waals surface area contributed by atoms with Crippen molar-refractivity contribution in [3.05, 3.63) is 24.3 Å². The molecule has 0 bridgehead atoms. The zero-order valence-electron chi connectivity index (χ0n) is 13.0. The summed E-state index contributed by atoms with van der Waals surface area (Å²) in [6.45, 7) is 4.00. The summed E-state index contributed by atoms with van der Waals surface area (Å²) in [5, 5.41) is 2.93. The van der Waals surface area contributed by atoms with Crippen molar-refractivity contribution < 1.29 is 9.00 Å². The van der Waals surface area contributed by atoms with E-state index < -0.39 is 10.8 Å². The molecule has 1 N–H and O–H groups in total. The van der Waals surface area contributed by atoms with Gasteiger partial charge >= 0.3 is 6.03 Å². The Labute approximate surface area is 134 Å². The maximum atomic E-state index is 12.3. The van der Waals surface area contributed by atoms with E-state index in [1.165, 1.54) is 25.9 Å². The molecule has 0 unspecified atom stereocenters. The number of hydrogen-bond acceptors (Lipinski definition) is 3. The second-order valence-electron chi connectivity index (χ2n) is 6.04. The van der Waals surface area contributed by atoms with Gasteiger partial charge in [-0.2, -0.15) is 0 Å². The van der Waals surface area contributed by atoms with Crippen molar-refractivity contribution in [3.8, 4) is 0 Å². The van der Waals surface area contributed by atoms with Crippen LogP contribution in [-0.4, -0.2) is 58.5 Å². The Morgan fingerprint density at radius 1 is 1.18 bits per heavy atom. The van der Waals surface area contributed by atoms with Crippen molar-refractivity contribution in [2.45, 2.75) is 30.2 Å². The highest BCUT2D eigenvalue weighted by atomic mass is 32.2. The molecular formula is C16H23N3O2S. The number of carbonyl (C=O) groups excluding carboxylic acids is 1. The zero-order valence-corrected chi connectivity index (χ0v) is 13.8. The van der Waals surface area contributed by atoms with Crippen LogP contribution in [0.15, 0.2) is 29.2 Å². The van der Waals surface area contributed by atoms with Crippen LogP contribution < -0.4 is 5.32 Å². The second-order valence-corrected chi connectivity index (χ2v) is 7.42. The highest BCUT2D eigenvalue weighted by molar-refractivity contribution is 7.84. The van der Waals surface area contributed by atoms with Crippen molar-refractivity contribution in [2.75, 3.05) is 37.8 Å². The Hall–Kier alpha value is -1.40. The normalized spacial score (nSPS) is 23.7. The zero-order chi connectivity index (χ0) is 15.5. The molecule has 2 amide bonds. The Balaban J connectivity index is 1.54. The van der Waals surface area contributed by atoms with Crippen LogP contribution in [0.5, 0.6) is 0 Å². The van der Waals surface area contributed by atoms with Crippen LogP contribution in [0.4, 0.5) is 10.5 Å². The number of rotatable bonds is 3. The summed E-state index contributed by atoms with van der Waals surface area (Å²) in [5.41, 5.74) is 0.754. The van der Waals surface area contributed by atoms with Crippen LogP contribution in [0.25, 0.3) is 0 Å². The maximum Gasteiger partial charge on any atom is 0.321 e. The molecule has 5 nitrogen and oxygen atoms in total. The lowest BCUT2D eigenvalue weighted by Gasteiger charge is -2.23. The summed E-state index contributed by atoms with van der Waals surface area (Å²) in [6.07, 6.45) is 5.29. The molecule has 2 atom stereocenters. The number of anilines is 1. The maximum absolute atomic E-state index is 12.3. The van der Waals surface area contributed by atoms with Crippen molar-refractivity contribution in [1.29, 1.82) is 0 Å². The van der Waals surface area contributed by atoms with Crippen LogP contribution in [0.3, 0.4) is 0 Å². The first-order chi connectivity index (χ1) is 10.6. The molecule has 0 saturated carbocycles. The van der Waals surface area contributed by atoms with Gasteiger partial charge in [-0.1, -0.05) is 0 Å². The van der Waals surface area contributed by atoms with Gasteiger partial charge in [-0.15, -0.1) is 0 Å². The number of nitrogens with zero attached hydrogens (tertiary/aromatic N) is 2. The molecule has 2 aliphatic rings. The number of carbonyl (C=O) groups is 1. The fourth-order valence-corrected chi connectivity index (χ4v) is 3.78. The van der Waals surface area contributed by atoms with Gasteiger partial charge in [-0.05, 0) is 56.6 Å². The van der Waals surface area contributed by atoms with Crippen LogP contribution in [0.2, 0.25) is 0 Å². The van der Waals surface area contributed by atoms with Crippen molar-refractivity contribution in [1.82, 2.24) is 9.80 Å². The number of nitrogens with one attached hydrogen (secondary N) is 1. The van der Waals surface area contributed by atoms with E-state index in [4.69, 9.17) is 0 Å². The minimum atomic E-state index is -0.987. The Morgan fingerprint density at radius 3 is 2.50 bits per heavy atom. The largest absolute Gasteiger partial charge is 0.323 e.